The van der Waals surface area contributed by atoms with E-state index >= 15 is 0 Å². The van der Waals surface area contributed by atoms with Gasteiger partial charge >= 0.3 is 12.8 Å². The predicted molar refractivity (Wildman–Crippen MR) is 105 cm³/mol. The Balaban J connectivity index is 1.84. The molecule has 170 valence electrons. The first kappa shape index (κ1) is 23.2. The summed E-state index contributed by atoms with van der Waals surface area (Å²) in [5, 5.41) is 6.75. The molecule has 0 aliphatic carbocycles. The van der Waals surface area contributed by atoms with Crippen LogP contribution >= 0.6 is 0 Å². The van der Waals surface area contributed by atoms with Gasteiger partial charge in [-0.25, -0.2) is 9.67 Å². The number of hydrogen-bond donors (Lipinski definition) is 1. The molecule has 32 heavy (non-hydrogen) atoms. The quantitative estimate of drug-likeness (QED) is 0.514. The summed E-state index contributed by atoms with van der Waals surface area (Å²) in [6, 6.07) is 8.10. The summed E-state index contributed by atoms with van der Waals surface area (Å²) < 4.78 is 69.3. The number of halogens is 5. The average Bonchev–Trinajstić information content (AvgIpc) is 3.17. The maximum absolute atomic E-state index is 12.8. The highest BCUT2D eigenvalue weighted by molar-refractivity contribution is 5.95. The van der Waals surface area contributed by atoms with E-state index in [2.05, 4.69) is 20.1 Å². The van der Waals surface area contributed by atoms with Crippen LogP contribution in [0.15, 0.2) is 48.8 Å². The third-order valence-electron chi connectivity index (χ3n) is 4.52. The fourth-order valence-electron chi connectivity index (χ4n) is 3.08. The predicted octanol–water partition coefficient (Wildman–Crippen LogP) is 4.94. The van der Waals surface area contributed by atoms with Crippen LogP contribution in [-0.2, 0) is 12.7 Å². The van der Waals surface area contributed by atoms with Gasteiger partial charge in [-0.1, -0.05) is 32.0 Å². The zero-order valence-electron chi connectivity index (χ0n) is 17.0. The zero-order valence-corrected chi connectivity index (χ0v) is 17.0. The van der Waals surface area contributed by atoms with Gasteiger partial charge in [-0.05, 0) is 24.1 Å². The summed E-state index contributed by atoms with van der Waals surface area (Å²) in [7, 11) is 0. The molecule has 0 saturated carbocycles. The lowest BCUT2D eigenvalue weighted by Crippen LogP contribution is -2.24. The average molecular weight is 454 g/mol. The Morgan fingerprint density at radius 1 is 1.12 bits per heavy atom. The first-order valence-corrected chi connectivity index (χ1v) is 9.50. The number of nitrogens with zero attached hydrogens (tertiary/aromatic N) is 3. The Morgan fingerprint density at radius 3 is 2.44 bits per heavy atom. The summed E-state index contributed by atoms with van der Waals surface area (Å²) in [4.78, 5) is 16.6. The minimum absolute atomic E-state index is 0.0588. The SMILES string of the molecule is CC(C)c1c(C(=O)NCc2ccccc2OC(F)F)cnn1-c1ccc(C(F)(F)F)cn1. The minimum Gasteiger partial charge on any atom is -0.434 e. The lowest BCUT2D eigenvalue weighted by molar-refractivity contribution is -0.137. The Bertz CT molecular complexity index is 1080. The van der Waals surface area contributed by atoms with Crippen LogP contribution in [0.5, 0.6) is 5.75 Å². The van der Waals surface area contributed by atoms with Crippen molar-refractivity contribution in [3.8, 4) is 11.6 Å². The van der Waals surface area contributed by atoms with Gasteiger partial charge in [-0.2, -0.15) is 27.1 Å². The van der Waals surface area contributed by atoms with Gasteiger partial charge in [-0.3, -0.25) is 4.79 Å². The fraction of sp³-hybridized carbons (Fsp3) is 0.286. The van der Waals surface area contributed by atoms with Crippen LogP contribution in [0.25, 0.3) is 5.82 Å². The molecular weight excluding hydrogens is 435 g/mol. The fourth-order valence-corrected chi connectivity index (χ4v) is 3.08. The van der Waals surface area contributed by atoms with Crippen molar-refractivity contribution in [3.05, 3.63) is 71.2 Å². The summed E-state index contributed by atoms with van der Waals surface area (Å²) in [5.74, 6) is -0.691. The van der Waals surface area contributed by atoms with Gasteiger partial charge in [0.05, 0.1) is 23.0 Å². The van der Waals surface area contributed by atoms with Gasteiger partial charge in [0.1, 0.15) is 5.75 Å². The summed E-state index contributed by atoms with van der Waals surface area (Å²) >= 11 is 0. The second kappa shape index (κ2) is 9.33. The van der Waals surface area contributed by atoms with E-state index in [-0.39, 0.29) is 29.6 Å². The second-order valence-electron chi connectivity index (χ2n) is 7.08. The summed E-state index contributed by atoms with van der Waals surface area (Å²) in [6.45, 7) is 0.498. The highest BCUT2D eigenvalue weighted by atomic mass is 19.4. The van der Waals surface area contributed by atoms with Crippen molar-refractivity contribution >= 4 is 5.91 Å². The minimum atomic E-state index is -4.52. The van der Waals surface area contributed by atoms with Crippen LogP contribution in [0.4, 0.5) is 22.0 Å². The molecule has 0 unspecified atom stereocenters. The van der Waals surface area contributed by atoms with E-state index in [1.807, 2.05) is 0 Å². The van der Waals surface area contributed by atoms with E-state index in [0.29, 0.717) is 17.5 Å². The number of rotatable bonds is 7. The van der Waals surface area contributed by atoms with E-state index < -0.39 is 24.3 Å². The van der Waals surface area contributed by atoms with E-state index in [1.165, 1.54) is 35.1 Å². The van der Waals surface area contributed by atoms with E-state index in [9.17, 15) is 26.7 Å². The molecule has 6 nitrogen and oxygen atoms in total. The van der Waals surface area contributed by atoms with E-state index in [0.717, 1.165) is 6.07 Å². The van der Waals surface area contributed by atoms with Crippen molar-refractivity contribution in [2.24, 2.45) is 0 Å². The van der Waals surface area contributed by atoms with Gasteiger partial charge < -0.3 is 10.1 Å². The third-order valence-corrected chi connectivity index (χ3v) is 4.52. The molecule has 3 rings (SSSR count). The first-order chi connectivity index (χ1) is 15.1. The molecule has 1 aromatic carbocycles. The number of pyridine rings is 1. The number of benzene rings is 1. The van der Waals surface area contributed by atoms with Gasteiger partial charge in [-0.15, -0.1) is 0 Å². The lowest BCUT2D eigenvalue weighted by Gasteiger charge is -2.14. The number of carbonyl (C=O) groups is 1. The summed E-state index contributed by atoms with van der Waals surface area (Å²) in [5.41, 5.74) is 0.0760. The molecular formula is C21H19F5N4O2. The Morgan fingerprint density at radius 2 is 1.84 bits per heavy atom. The second-order valence-corrected chi connectivity index (χ2v) is 7.08. The van der Waals surface area contributed by atoms with Crippen molar-refractivity contribution in [1.82, 2.24) is 20.1 Å². The van der Waals surface area contributed by atoms with Crippen LogP contribution in [0.2, 0.25) is 0 Å². The first-order valence-electron chi connectivity index (χ1n) is 9.50. The maximum Gasteiger partial charge on any atom is 0.417 e. The number of amides is 1. The van der Waals surface area contributed by atoms with Crippen molar-refractivity contribution in [3.63, 3.8) is 0 Å². The van der Waals surface area contributed by atoms with Crippen LogP contribution in [0.1, 0.15) is 46.9 Å². The number of ether oxygens (including phenoxy) is 1. The molecule has 1 N–H and O–H groups in total. The number of alkyl halides is 5. The van der Waals surface area contributed by atoms with Gasteiger partial charge in [0, 0.05) is 18.3 Å². The van der Waals surface area contributed by atoms with Gasteiger partial charge in [0.2, 0.25) is 0 Å². The highest BCUT2D eigenvalue weighted by Gasteiger charge is 2.31. The number of hydrogen-bond acceptors (Lipinski definition) is 4. The smallest absolute Gasteiger partial charge is 0.417 e. The van der Waals surface area contributed by atoms with Crippen LogP contribution in [0, 0.1) is 0 Å². The number of nitrogens with one attached hydrogen (secondary N) is 1. The Hall–Kier alpha value is -3.50. The molecule has 0 spiro atoms. The zero-order chi connectivity index (χ0) is 23.5. The van der Waals surface area contributed by atoms with Crippen molar-refractivity contribution in [2.75, 3.05) is 0 Å². The molecule has 0 bridgehead atoms. The molecule has 0 aliphatic rings. The molecule has 0 radical (unpaired) electrons. The maximum atomic E-state index is 12.8. The normalized spacial score (nSPS) is 11.8. The highest BCUT2D eigenvalue weighted by Crippen LogP contribution is 2.29. The van der Waals surface area contributed by atoms with Crippen LogP contribution in [-0.4, -0.2) is 27.3 Å². The number of para-hydroxylation sites is 1. The number of aromatic nitrogens is 3. The molecule has 0 fully saturated rings. The summed E-state index contributed by atoms with van der Waals surface area (Å²) in [6.07, 6.45) is -2.54. The molecule has 2 aromatic heterocycles. The van der Waals surface area contributed by atoms with Crippen molar-refractivity contribution < 1.29 is 31.5 Å². The largest absolute Gasteiger partial charge is 0.434 e. The van der Waals surface area contributed by atoms with Gasteiger partial charge in [0.25, 0.3) is 5.91 Å². The molecule has 11 heteroatoms. The van der Waals surface area contributed by atoms with E-state index in [4.69, 9.17) is 0 Å². The number of carbonyl (C=O) groups excluding carboxylic acids is 1. The Labute approximate surface area is 180 Å². The van der Waals surface area contributed by atoms with Crippen LogP contribution in [0.3, 0.4) is 0 Å². The Kier molecular flexibility index (Phi) is 6.75. The molecule has 2 heterocycles. The van der Waals surface area contributed by atoms with E-state index in [1.54, 1.807) is 19.9 Å². The molecule has 0 saturated heterocycles. The van der Waals surface area contributed by atoms with Gasteiger partial charge in [0.15, 0.2) is 5.82 Å². The lowest BCUT2D eigenvalue weighted by atomic mass is 10.1. The molecule has 3 aromatic rings. The third kappa shape index (κ3) is 5.21. The molecule has 0 aliphatic heterocycles. The van der Waals surface area contributed by atoms with Crippen molar-refractivity contribution in [2.45, 2.75) is 39.1 Å². The molecule has 0 atom stereocenters. The monoisotopic (exact) mass is 454 g/mol. The molecule has 1 amide bonds. The topological polar surface area (TPSA) is 69.0 Å². The van der Waals surface area contributed by atoms with Crippen molar-refractivity contribution in [1.29, 1.82) is 0 Å². The standard InChI is InChI=1S/C21H19F5N4O2/c1-12(2)18-15(11-29-30(18)17-8-7-14(10-27-17)21(24,25)26)19(31)28-9-13-5-3-4-6-16(13)32-20(22)23/h3-8,10-12,20H,9H2,1-2H3,(H,28,31). The van der Waals surface area contributed by atoms with Crippen LogP contribution < -0.4 is 10.1 Å².